The van der Waals surface area contributed by atoms with Gasteiger partial charge in [0, 0.05) is 17.8 Å². The number of nitrogens with one attached hydrogen (secondary N) is 1. The molecule has 0 radical (unpaired) electrons. The van der Waals surface area contributed by atoms with Crippen molar-refractivity contribution in [3.05, 3.63) is 106 Å². The number of fused-ring (bicyclic) bond motifs is 1. The molecule has 1 unspecified atom stereocenters. The zero-order valence-corrected chi connectivity index (χ0v) is 25.7. The van der Waals surface area contributed by atoms with Crippen molar-refractivity contribution < 1.29 is 33.4 Å². The summed E-state index contributed by atoms with van der Waals surface area (Å²) in [5.41, 5.74) is 2.99. The molecule has 0 spiro atoms. The van der Waals surface area contributed by atoms with Gasteiger partial charge in [0.25, 0.3) is 5.91 Å². The van der Waals surface area contributed by atoms with Crippen molar-refractivity contribution in [2.24, 2.45) is 11.0 Å². The van der Waals surface area contributed by atoms with Crippen LogP contribution in [0.2, 0.25) is 0 Å². The van der Waals surface area contributed by atoms with Gasteiger partial charge >= 0.3 is 17.9 Å². The second-order valence-corrected chi connectivity index (χ2v) is 10.7. The van der Waals surface area contributed by atoms with Gasteiger partial charge in [0.2, 0.25) is 0 Å². The van der Waals surface area contributed by atoms with E-state index in [2.05, 4.69) is 5.32 Å². The summed E-state index contributed by atoms with van der Waals surface area (Å²) >= 11 is 0. The van der Waals surface area contributed by atoms with E-state index in [1.54, 1.807) is 27.7 Å². The number of carbonyl (C=O) groups excluding carboxylic acids is 4. The number of allylic oxidation sites excluding steroid dienone is 2. The van der Waals surface area contributed by atoms with Crippen LogP contribution in [0.1, 0.15) is 51.3 Å². The number of esters is 3. The fourth-order valence-corrected chi connectivity index (χ4v) is 5.69. The predicted molar refractivity (Wildman–Crippen MR) is 167 cm³/mol. The molecule has 0 fully saturated rings. The van der Waals surface area contributed by atoms with Crippen LogP contribution in [-0.2, 0) is 33.4 Å². The van der Waals surface area contributed by atoms with Crippen LogP contribution in [-0.4, -0.2) is 54.4 Å². The van der Waals surface area contributed by atoms with Crippen LogP contribution in [0.15, 0.2) is 100 Å². The minimum Gasteiger partial charge on any atom is -0.463 e. The molecule has 10 heteroatoms. The van der Waals surface area contributed by atoms with Crippen LogP contribution in [0.25, 0.3) is 10.8 Å². The molecule has 232 valence electrons. The summed E-state index contributed by atoms with van der Waals surface area (Å²) < 4.78 is 15.9. The molecule has 0 saturated carbocycles. The normalized spacial score (nSPS) is 16.8. The van der Waals surface area contributed by atoms with Crippen LogP contribution >= 0.6 is 0 Å². The molecule has 0 aliphatic carbocycles. The number of amides is 1. The number of ether oxygens (including phenoxy) is 3. The van der Waals surface area contributed by atoms with Gasteiger partial charge in [-0.1, -0.05) is 66.7 Å². The standard InChI is InChI=1S/C35H35N3O7/c1-5-43-33(40)30-21(3)36-22(4)31(34(41)44-6-2)32(30)35(42)45-20-29(39)38-28(24-13-8-7-9-14-24)19-27(37-38)26-17-16-23-12-10-11-15-25(23)18-26/h7-18,28,32,36H,5-6,19-20H2,1-4H3. The van der Waals surface area contributed by atoms with Gasteiger partial charge in [0.15, 0.2) is 6.61 Å². The monoisotopic (exact) mass is 609 g/mol. The van der Waals surface area contributed by atoms with E-state index in [1.165, 1.54) is 5.01 Å². The lowest BCUT2D eigenvalue weighted by Crippen LogP contribution is -2.39. The Hall–Kier alpha value is -5.25. The van der Waals surface area contributed by atoms with Crippen molar-refractivity contribution in [2.75, 3.05) is 19.8 Å². The highest BCUT2D eigenvalue weighted by atomic mass is 16.5. The molecule has 0 bridgehead atoms. The van der Waals surface area contributed by atoms with Crippen molar-refractivity contribution in [3.8, 4) is 0 Å². The second kappa shape index (κ2) is 13.6. The van der Waals surface area contributed by atoms with E-state index >= 15 is 0 Å². The van der Waals surface area contributed by atoms with Gasteiger partial charge in [-0.3, -0.25) is 9.59 Å². The Morgan fingerprint density at radius 2 is 1.40 bits per heavy atom. The highest BCUT2D eigenvalue weighted by molar-refractivity contribution is 6.07. The molecule has 0 aromatic heterocycles. The van der Waals surface area contributed by atoms with Crippen LogP contribution in [0.3, 0.4) is 0 Å². The molecule has 1 atom stereocenters. The molecule has 10 nitrogen and oxygen atoms in total. The molecule has 1 amide bonds. The number of rotatable bonds is 9. The maximum atomic E-state index is 13.7. The molecule has 3 aromatic carbocycles. The summed E-state index contributed by atoms with van der Waals surface area (Å²) in [5, 5.41) is 11.2. The minimum absolute atomic E-state index is 0.0562. The Kier molecular flexibility index (Phi) is 9.42. The predicted octanol–water partition coefficient (Wildman–Crippen LogP) is 4.95. The lowest BCUT2D eigenvalue weighted by molar-refractivity contribution is -0.156. The molecule has 3 aromatic rings. The summed E-state index contributed by atoms with van der Waals surface area (Å²) in [5.74, 6) is -4.52. The number of hydrogen-bond acceptors (Lipinski definition) is 9. The van der Waals surface area contributed by atoms with Crippen molar-refractivity contribution in [1.82, 2.24) is 10.3 Å². The summed E-state index contributed by atoms with van der Waals surface area (Å²) in [7, 11) is 0. The van der Waals surface area contributed by atoms with Gasteiger partial charge in [-0.05, 0) is 55.7 Å². The Morgan fingerprint density at radius 1 is 0.800 bits per heavy atom. The van der Waals surface area contributed by atoms with Gasteiger partial charge in [0.05, 0.1) is 36.1 Å². The molecular formula is C35H35N3O7. The Bertz CT molecular complexity index is 1700. The van der Waals surface area contributed by atoms with Crippen LogP contribution in [0.5, 0.6) is 0 Å². The van der Waals surface area contributed by atoms with Gasteiger partial charge in [-0.2, -0.15) is 5.10 Å². The molecule has 2 aliphatic rings. The van der Waals surface area contributed by atoms with Crippen LogP contribution in [0, 0.1) is 5.92 Å². The number of hydrogen-bond donors (Lipinski definition) is 1. The molecule has 2 aliphatic heterocycles. The summed E-state index contributed by atoms with van der Waals surface area (Å²) in [4.78, 5) is 53.3. The van der Waals surface area contributed by atoms with Gasteiger partial charge in [-0.25, -0.2) is 14.6 Å². The molecular weight excluding hydrogens is 574 g/mol. The van der Waals surface area contributed by atoms with E-state index in [4.69, 9.17) is 19.3 Å². The largest absolute Gasteiger partial charge is 0.463 e. The zero-order chi connectivity index (χ0) is 32.1. The second-order valence-electron chi connectivity index (χ2n) is 10.7. The summed E-state index contributed by atoms with van der Waals surface area (Å²) in [6, 6.07) is 23.1. The first-order chi connectivity index (χ1) is 21.7. The maximum absolute atomic E-state index is 13.7. The van der Waals surface area contributed by atoms with E-state index in [0.717, 1.165) is 27.6 Å². The fourth-order valence-electron chi connectivity index (χ4n) is 5.69. The number of dihydropyridines is 1. The number of benzene rings is 3. The first-order valence-corrected chi connectivity index (χ1v) is 14.9. The van der Waals surface area contributed by atoms with E-state index in [9.17, 15) is 19.2 Å². The lowest BCUT2D eigenvalue weighted by atomic mass is 9.85. The quantitative estimate of drug-likeness (QED) is 0.267. The Balaban J connectivity index is 1.42. The molecule has 1 N–H and O–H groups in total. The topological polar surface area (TPSA) is 124 Å². The summed E-state index contributed by atoms with van der Waals surface area (Å²) in [6.07, 6.45) is 0.459. The van der Waals surface area contributed by atoms with Crippen molar-refractivity contribution in [1.29, 1.82) is 0 Å². The first-order valence-electron chi connectivity index (χ1n) is 14.9. The Morgan fingerprint density at radius 3 is 2.02 bits per heavy atom. The number of hydrazone groups is 1. The average molecular weight is 610 g/mol. The minimum atomic E-state index is -1.45. The van der Waals surface area contributed by atoms with Gasteiger partial charge in [-0.15, -0.1) is 0 Å². The highest BCUT2D eigenvalue weighted by Crippen LogP contribution is 2.35. The van der Waals surface area contributed by atoms with Crippen molar-refractivity contribution >= 4 is 40.3 Å². The highest BCUT2D eigenvalue weighted by Gasteiger charge is 2.43. The van der Waals surface area contributed by atoms with E-state index in [0.29, 0.717) is 17.8 Å². The molecule has 45 heavy (non-hydrogen) atoms. The third-order valence-electron chi connectivity index (χ3n) is 7.76. The number of carbonyl (C=O) groups is 4. The summed E-state index contributed by atoms with van der Waals surface area (Å²) in [6.45, 7) is 5.92. The molecule has 5 rings (SSSR count). The lowest BCUT2D eigenvalue weighted by Gasteiger charge is -2.29. The van der Waals surface area contributed by atoms with Crippen molar-refractivity contribution in [3.63, 3.8) is 0 Å². The van der Waals surface area contributed by atoms with Gasteiger partial charge < -0.3 is 19.5 Å². The third-order valence-corrected chi connectivity index (χ3v) is 7.76. The van der Waals surface area contributed by atoms with Crippen molar-refractivity contribution in [2.45, 2.75) is 40.2 Å². The smallest absolute Gasteiger partial charge is 0.337 e. The first kappa shape index (κ1) is 31.2. The van der Waals surface area contributed by atoms with Crippen LogP contribution in [0.4, 0.5) is 0 Å². The van der Waals surface area contributed by atoms with Crippen LogP contribution < -0.4 is 5.32 Å². The third kappa shape index (κ3) is 6.50. The molecule has 2 heterocycles. The fraction of sp³-hybridized carbons (Fsp3) is 0.286. The SMILES string of the molecule is CCOC(=O)C1=C(C)NC(C)=C(C(=O)OCC)C1C(=O)OCC(=O)N1N=C(c2ccc3ccccc3c2)CC1c1ccccc1. The zero-order valence-electron chi connectivity index (χ0n) is 25.7. The van der Waals surface area contributed by atoms with E-state index in [-0.39, 0.29) is 24.4 Å². The van der Waals surface area contributed by atoms with Gasteiger partial charge in [0.1, 0.15) is 5.92 Å². The Labute approximate surface area is 261 Å². The number of nitrogens with zero attached hydrogens (tertiary/aromatic N) is 2. The van der Waals surface area contributed by atoms with E-state index in [1.807, 2.05) is 72.8 Å². The molecule has 0 saturated heterocycles. The maximum Gasteiger partial charge on any atom is 0.337 e. The van der Waals surface area contributed by atoms with E-state index < -0.39 is 42.4 Å². The average Bonchev–Trinajstić information content (AvgIpc) is 3.49.